The fraction of sp³-hybridized carbons (Fsp3) is 0.391. The van der Waals surface area contributed by atoms with E-state index in [-0.39, 0.29) is 30.6 Å². The standard InChI is InChI=1S/C23H23NO4/c25-22(26)19-11-14-9-10-21(19)24(12-14)23(27)28-13-20-17-7-3-1-5-15(17)16-6-2-4-8-18(16)20/h1-8,14,19-21H,9-13H2,(H,25,26)/t14-,19+,21-/m1/s1. The first kappa shape index (κ1) is 17.3. The number of nitrogens with zero attached hydrogens (tertiary/aromatic N) is 1. The number of carboxylic acid groups (broad SMARTS) is 1. The SMILES string of the molecule is O=C(O)[C@H]1C[C@H]2CC[C@H]1N(C(=O)OCC1c3ccccc3-c3ccccc31)C2. The number of carboxylic acids is 1. The van der Waals surface area contributed by atoms with Crippen molar-refractivity contribution in [3.63, 3.8) is 0 Å². The fourth-order valence-electron chi connectivity index (χ4n) is 5.35. The number of ether oxygens (including phenoxy) is 1. The van der Waals surface area contributed by atoms with Gasteiger partial charge < -0.3 is 14.7 Å². The van der Waals surface area contributed by atoms with Gasteiger partial charge in [-0.25, -0.2) is 4.79 Å². The highest BCUT2D eigenvalue weighted by molar-refractivity contribution is 5.79. The molecule has 2 saturated heterocycles. The Labute approximate surface area is 163 Å². The number of piperidine rings is 2. The average molecular weight is 377 g/mol. The quantitative estimate of drug-likeness (QED) is 0.874. The zero-order valence-corrected chi connectivity index (χ0v) is 15.6. The molecule has 0 unspecified atom stereocenters. The molecule has 2 aliphatic heterocycles. The Hall–Kier alpha value is -2.82. The molecule has 2 heterocycles. The third-order valence-corrected chi connectivity index (χ3v) is 6.67. The van der Waals surface area contributed by atoms with Crippen molar-refractivity contribution in [1.29, 1.82) is 0 Å². The molecule has 5 nitrogen and oxygen atoms in total. The molecule has 1 saturated carbocycles. The molecule has 2 bridgehead atoms. The van der Waals surface area contributed by atoms with Crippen LogP contribution >= 0.6 is 0 Å². The first-order chi connectivity index (χ1) is 13.6. The summed E-state index contributed by atoms with van der Waals surface area (Å²) in [6.45, 7) is 0.892. The highest BCUT2D eigenvalue weighted by Gasteiger charge is 2.46. The van der Waals surface area contributed by atoms with Gasteiger partial charge in [-0.3, -0.25) is 4.79 Å². The lowest BCUT2D eigenvalue weighted by molar-refractivity contribution is -0.149. The van der Waals surface area contributed by atoms with E-state index in [4.69, 9.17) is 4.74 Å². The van der Waals surface area contributed by atoms with E-state index in [1.807, 2.05) is 24.3 Å². The number of hydrogen-bond donors (Lipinski definition) is 1. The second-order valence-corrected chi connectivity index (χ2v) is 8.15. The van der Waals surface area contributed by atoms with Gasteiger partial charge in [-0.1, -0.05) is 48.5 Å². The molecular weight excluding hydrogens is 354 g/mol. The molecule has 0 spiro atoms. The predicted molar refractivity (Wildman–Crippen MR) is 104 cm³/mol. The molecule has 2 aromatic carbocycles. The van der Waals surface area contributed by atoms with Crippen LogP contribution in [0, 0.1) is 11.8 Å². The summed E-state index contributed by atoms with van der Waals surface area (Å²) < 4.78 is 5.75. The van der Waals surface area contributed by atoms with Crippen molar-refractivity contribution in [2.24, 2.45) is 11.8 Å². The molecule has 28 heavy (non-hydrogen) atoms. The minimum absolute atomic E-state index is 0.0219. The van der Waals surface area contributed by atoms with Crippen LogP contribution in [-0.4, -0.2) is 41.3 Å². The first-order valence-electron chi connectivity index (χ1n) is 9.98. The Morgan fingerprint density at radius 3 is 2.25 bits per heavy atom. The number of carbonyl (C=O) groups excluding carboxylic acids is 1. The Bertz CT molecular complexity index is 894. The zero-order valence-electron chi connectivity index (χ0n) is 15.6. The van der Waals surface area contributed by atoms with Gasteiger partial charge in [-0.05, 0) is 47.4 Å². The molecule has 2 aliphatic carbocycles. The fourth-order valence-corrected chi connectivity index (χ4v) is 5.35. The normalized spacial score (nSPS) is 25.3. The lowest BCUT2D eigenvalue weighted by Gasteiger charge is -2.47. The van der Waals surface area contributed by atoms with Crippen molar-refractivity contribution in [2.75, 3.05) is 13.2 Å². The van der Waals surface area contributed by atoms with Crippen LogP contribution in [0.3, 0.4) is 0 Å². The molecule has 5 heteroatoms. The van der Waals surface area contributed by atoms with Gasteiger partial charge in [0.1, 0.15) is 6.61 Å². The van der Waals surface area contributed by atoms with Gasteiger partial charge in [0.05, 0.1) is 5.92 Å². The summed E-state index contributed by atoms with van der Waals surface area (Å²) in [7, 11) is 0. The number of fused-ring (bicyclic) bond motifs is 6. The summed E-state index contributed by atoms with van der Waals surface area (Å²) in [5, 5.41) is 9.50. The second kappa shape index (κ2) is 6.66. The van der Waals surface area contributed by atoms with Gasteiger partial charge in [0.25, 0.3) is 0 Å². The van der Waals surface area contributed by atoms with Crippen LogP contribution in [0.2, 0.25) is 0 Å². The van der Waals surface area contributed by atoms with Crippen molar-refractivity contribution in [1.82, 2.24) is 4.90 Å². The smallest absolute Gasteiger partial charge is 0.410 e. The molecule has 3 fully saturated rings. The maximum atomic E-state index is 12.8. The minimum Gasteiger partial charge on any atom is -0.481 e. The van der Waals surface area contributed by atoms with E-state index in [9.17, 15) is 14.7 Å². The van der Waals surface area contributed by atoms with Crippen molar-refractivity contribution in [3.8, 4) is 11.1 Å². The van der Waals surface area contributed by atoms with Gasteiger partial charge >= 0.3 is 12.1 Å². The molecule has 6 rings (SSSR count). The van der Waals surface area contributed by atoms with Crippen LogP contribution in [-0.2, 0) is 9.53 Å². The summed E-state index contributed by atoms with van der Waals surface area (Å²) >= 11 is 0. The van der Waals surface area contributed by atoms with Crippen molar-refractivity contribution < 1.29 is 19.4 Å². The number of hydrogen-bond acceptors (Lipinski definition) is 3. The summed E-state index contributed by atoms with van der Waals surface area (Å²) in [6.07, 6.45) is 2.06. The van der Waals surface area contributed by atoms with E-state index in [2.05, 4.69) is 24.3 Å². The van der Waals surface area contributed by atoms with Gasteiger partial charge in [0, 0.05) is 18.5 Å². The number of benzene rings is 2. The van der Waals surface area contributed by atoms with Crippen molar-refractivity contribution >= 4 is 12.1 Å². The van der Waals surface area contributed by atoms with Gasteiger partial charge in [0.15, 0.2) is 0 Å². The van der Waals surface area contributed by atoms with Gasteiger partial charge in [-0.2, -0.15) is 0 Å². The lowest BCUT2D eigenvalue weighted by Crippen LogP contribution is -2.57. The zero-order chi connectivity index (χ0) is 19.3. The molecule has 4 aliphatic rings. The van der Waals surface area contributed by atoms with E-state index in [0.29, 0.717) is 13.0 Å². The summed E-state index contributed by atoms with van der Waals surface area (Å²) in [5.41, 5.74) is 4.75. The minimum atomic E-state index is -0.800. The number of rotatable bonds is 3. The molecule has 0 radical (unpaired) electrons. The highest BCUT2D eigenvalue weighted by Crippen LogP contribution is 2.45. The molecule has 1 N–H and O–H groups in total. The van der Waals surface area contributed by atoms with Crippen LogP contribution in [0.15, 0.2) is 48.5 Å². The summed E-state index contributed by atoms with van der Waals surface area (Å²) in [6, 6.07) is 16.3. The van der Waals surface area contributed by atoms with E-state index in [0.717, 1.165) is 12.8 Å². The molecule has 1 amide bonds. The van der Waals surface area contributed by atoms with Crippen molar-refractivity contribution in [2.45, 2.75) is 31.2 Å². The van der Waals surface area contributed by atoms with Gasteiger partial charge in [0.2, 0.25) is 0 Å². The van der Waals surface area contributed by atoms with E-state index < -0.39 is 11.9 Å². The Balaban J connectivity index is 1.34. The molecule has 2 aromatic rings. The Morgan fingerprint density at radius 1 is 1.00 bits per heavy atom. The van der Waals surface area contributed by atoms with Crippen LogP contribution in [0.1, 0.15) is 36.3 Å². The predicted octanol–water partition coefficient (Wildman–Crippen LogP) is 4.12. The molecule has 0 aromatic heterocycles. The highest BCUT2D eigenvalue weighted by atomic mass is 16.6. The van der Waals surface area contributed by atoms with E-state index in [1.54, 1.807) is 4.90 Å². The Kier molecular flexibility index (Phi) is 4.11. The van der Waals surface area contributed by atoms with Crippen LogP contribution < -0.4 is 0 Å². The third-order valence-electron chi connectivity index (χ3n) is 6.67. The lowest BCUT2D eigenvalue weighted by atomic mass is 9.73. The molecule has 144 valence electrons. The average Bonchev–Trinajstić information content (AvgIpc) is 3.06. The maximum absolute atomic E-state index is 12.8. The third kappa shape index (κ3) is 2.68. The van der Waals surface area contributed by atoms with E-state index >= 15 is 0 Å². The van der Waals surface area contributed by atoms with Gasteiger partial charge in [-0.15, -0.1) is 0 Å². The largest absolute Gasteiger partial charge is 0.481 e. The maximum Gasteiger partial charge on any atom is 0.410 e. The monoisotopic (exact) mass is 377 g/mol. The number of carbonyl (C=O) groups is 2. The summed E-state index contributed by atoms with van der Waals surface area (Å²) in [4.78, 5) is 26.1. The summed E-state index contributed by atoms with van der Waals surface area (Å²) in [5.74, 6) is -0.973. The molecule has 3 atom stereocenters. The first-order valence-corrected chi connectivity index (χ1v) is 9.98. The van der Waals surface area contributed by atoms with Crippen LogP contribution in [0.4, 0.5) is 4.79 Å². The number of aliphatic carboxylic acids is 1. The van der Waals surface area contributed by atoms with Crippen LogP contribution in [0.25, 0.3) is 11.1 Å². The van der Waals surface area contributed by atoms with Crippen molar-refractivity contribution in [3.05, 3.63) is 59.7 Å². The van der Waals surface area contributed by atoms with E-state index in [1.165, 1.54) is 22.3 Å². The topological polar surface area (TPSA) is 66.8 Å². The Morgan fingerprint density at radius 2 is 1.64 bits per heavy atom. The second-order valence-electron chi connectivity index (χ2n) is 8.15. The molecular formula is C23H23NO4. The van der Waals surface area contributed by atoms with Crippen LogP contribution in [0.5, 0.6) is 0 Å². The number of amides is 1.